The third-order valence-corrected chi connectivity index (χ3v) is 7.23. The number of anilines is 1. The number of carbonyl (C=O) groups is 1. The number of sulfonamides is 1. The zero-order chi connectivity index (χ0) is 23.4. The molecule has 0 atom stereocenters. The van der Waals surface area contributed by atoms with E-state index >= 15 is 0 Å². The molecule has 1 fully saturated rings. The highest BCUT2D eigenvalue weighted by Gasteiger charge is 2.29. The fourth-order valence-electron chi connectivity index (χ4n) is 3.41. The Labute approximate surface area is 195 Å². The molecule has 0 spiro atoms. The molecule has 0 bridgehead atoms. The highest BCUT2D eigenvalue weighted by atomic mass is 35.5. The normalized spacial score (nSPS) is 17.0. The number of fused-ring (bicyclic) bond motifs is 1. The third kappa shape index (κ3) is 5.47. The summed E-state index contributed by atoms with van der Waals surface area (Å²) in [5.74, 6) is -0.455. The molecule has 2 aromatic carbocycles. The molecule has 1 N–H and O–H groups in total. The summed E-state index contributed by atoms with van der Waals surface area (Å²) in [5.41, 5.74) is 0.767. The van der Waals surface area contributed by atoms with Crippen LogP contribution in [0, 0.1) is 5.82 Å². The first kappa shape index (κ1) is 23.5. The second-order valence-electron chi connectivity index (χ2n) is 7.36. The number of amides is 1. The third-order valence-electron chi connectivity index (χ3n) is 5.04. The largest absolute Gasteiger partial charge is 0.489 e. The van der Waals surface area contributed by atoms with Crippen molar-refractivity contribution < 1.29 is 31.8 Å². The van der Waals surface area contributed by atoms with E-state index in [0.29, 0.717) is 35.3 Å². The Kier molecular flexibility index (Phi) is 7.18. The maximum absolute atomic E-state index is 14.3. The quantitative estimate of drug-likeness (QED) is 0.638. The number of hydrogen-bond donors (Lipinski definition) is 1. The Morgan fingerprint density at radius 3 is 2.64 bits per heavy atom. The number of benzene rings is 2. The van der Waals surface area contributed by atoms with Crippen molar-refractivity contribution in [1.82, 2.24) is 4.31 Å². The smallest absolute Gasteiger partial charge is 0.248 e. The van der Waals surface area contributed by atoms with Crippen LogP contribution in [-0.2, 0) is 19.6 Å². The number of nitrogens with zero attached hydrogens (tertiary/aromatic N) is 1. The van der Waals surface area contributed by atoms with Gasteiger partial charge in [-0.1, -0.05) is 11.6 Å². The summed E-state index contributed by atoms with van der Waals surface area (Å²) in [4.78, 5) is 11.9. The summed E-state index contributed by atoms with van der Waals surface area (Å²) in [6.07, 6.45) is 3.53. The molecule has 0 radical (unpaired) electrons. The van der Waals surface area contributed by atoms with Crippen LogP contribution in [0.4, 0.5) is 10.1 Å². The zero-order valence-corrected chi connectivity index (χ0v) is 19.1. The van der Waals surface area contributed by atoms with Crippen molar-refractivity contribution in [2.45, 2.75) is 11.3 Å². The van der Waals surface area contributed by atoms with Crippen molar-refractivity contribution in [2.24, 2.45) is 0 Å². The second-order valence-corrected chi connectivity index (χ2v) is 9.68. The van der Waals surface area contributed by atoms with E-state index in [-0.39, 0.29) is 32.0 Å². The average molecular weight is 497 g/mol. The average Bonchev–Trinajstić information content (AvgIpc) is 3.05. The van der Waals surface area contributed by atoms with Crippen LogP contribution in [-0.4, -0.2) is 58.1 Å². The molecule has 2 heterocycles. The van der Waals surface area contributed by atoms with Crippen LogP contribution < -0.4 is 14.8 Å². The van der Waals surface area contributed by atoms with E-state index in [1.54, 1.807) is 12.1 Å². The first-order valence-corrected chi connectivity index (χ1v) is 12.1. The van der Waals surface area contributed by atoms with Gasteiger partial charge in [-0.05, 0) is 42.0 Å². The van der Waals surface area contributed by atoms with Gasteiger partial charge in [0.15, 0.2) is 11.5 Å². The van der Waals surface area contributed by atoms with Gasteiger partial charge in [-0.2, -0.15) is 4.31 Å². The maximum atomic E-state index is 14.3. The van der Waals surface area contributed by atoms with Gasteiger partial charge in [-0.25, -0.2) is 12.8 Å². The molecule has 176 valence electrons. The highest BCUT2D eigenvalue weighted by Crippen LogP contribution is 2.38. The molecule has 2 aliphatic heterocycles. The fourth-order valence-corrected chi connectivity index (χ4v) is 5.18. The van der Waals surface area contributed by atoms with Crippen molar-refractivity contribution in [1.29, 1.82) is 0 Å². The standard InChI is InChI=1S/C22H22ClFN2O6S/c23-17-12-15(13-19-22(17)32-9-1-8-31-19)2-5-21(27)25-16-3-4-18(24)20(14-16)33(28,29)26-6-10-30-11-7-26/h2-5,12-14H,1,6-11H2,(H,25,27). The Hall–Kier alpha value is -2.66. The van der Waals surface area contributed by atoms with Crippen LogP contribution >= 0.6 is 11.6 Å². The van der Waals surface area contributed by atoms with Gasteiger partial charge in [0.05, 0.1) is 31.5 Å². The minimum atomic E-state index is -4.05. The Bertz CT molecular complexity index is 1180. The molecule has 1 amide bonds. The SMILES string of the molecule is O=C(C=Cc1cc(Cl)c2c(c1)OCCCO2)Nc1ccc(F)c(S(=O)(=O)N2CCOCC2)c1. The topological polar surface area (TPSA) is 94.2 Å². The van der Waals surface area contributed by atoms with Crippen LogP contribution in [0.5, 0.6) is 11.5 Å². The number of morpholine rings is 1. The van der Waals surface area contributed by atoms with Gasteiger partial charge in [-0.15, -0.1) is 0 Å². The van der Waals surface area contributed by atoms with Crippen LogP contribution in [0.15, 0.2) is 41.3 Å². The van der Waals surface area contributed by atoms with Gasteiger partial charge in [0.25, 0.3) is 0 Å². The summed E-state index contributed by atoms with van der Waals surface area (Å²) in [6.45, 7) is 1.76. The van der Waals surface area contributed by atoms with E-state index in [4.69, 9.17) is 25.8 Å². The number of halogens is 2. The molecule has 8 nitrogen and oxygen atoms in total. The molecule has 0 aliphatic carbocycles. The molecule has 2 aromatic rings. The maximum Gasteiger partial charge on any atom is 0.248 e. The first-order valence-electron chi connectivity index (χ1n) is 10.3. The molecule has 4 rings (SSSR count). The van der Waals surface area contributed by atoms with Crippen molar-refractivity contribution in [3.05, 3.63) is 52.8 Å². The lowest BCUT2D eigenvalue weighted by molar-refractivity contribution is -0.111. The summed E-state index contributed by atoms with van der Waals surface area (Å²) in [6, 6.07) is 6.77. The minimum absolute atomic E-state index is 0.138. The minimum Gasteiger partial charge on any atom is -0.489 e. The number of hydrogen-bond acceptors (Lipinski definition) is 6. The number of rotatable bonds is 5. The van der Waals surface area contributed by atoms with Crippen LogP contribution in [0.1, 0.15) is 12.0 Å². The van der Waals surface area contributed by atoms with E-state index in [1.807, 2.05) is 0 Å². The number of nitrogens with one attached hydrogen (secondary N) is 1. The number of carbonyl (C=O) groups excluding carboxylic acids is 1. The molecular formula is C22H22ClFN2O6S. The second kappa shape index (κ2) is 10.1. The Balaban J connectivity index is 1.49. The molecule has 2 aliphatic rings. The van der Waals surface area contributed by atoms with Crippen LogP contribution in [0.2, 0.25) is 5.02 Å². The zero-order valence-electron chi connectivity index (χ0n) is 17.6. The summed E-state index contributed by atoms with van der Waals surface area (Å²) in [5, 5.41) is 2.92. The van der Waals surface area contributed by atoms with E-state index in [2.05, 4.69) is 5.32 Å². The van der Waals surface area contributed by atoms with Crippen molar-refractivity contribution in [2.75, 3.05) is 44.8 Å². The van der Waals surface area contributed by atoms with E-state index in [9.17, 15) is 17.6 Å². The molecule has 33 heavy (non-hydrogen) atoms. The van der Waals surface area contributed by atoms with Gasteiger partial charge >= 0.3 is 0 Å². The van der Waals surface area contributed by atoms with Gasteiger partial charge in [0, 0.05) is 31.3 Å². The summed E-state index contributed by atoms with van der Waals surface area (Å²) < 4.78 is 57.5. The van der Waals surface area contributed by atoms with Gasteiger partial charge in [-0.3, -0.25) is 4.79 Å². The molecule has 0 unspecified atom stereocenters. The van der Waals surface area contributed by atoms with Gasteiger partial charge < -0.3 is 19.5 Å². The predicted molar refractivity (Wildman–Crippen MR) is 121 cm³/mol. The Morgan fingerprint density at radius 2 is 1.85 bits per heavy atom. The van der Waals surface area contributed by atoms with Gasteiger partial charge in [0.2, 0.25) is 15.9 Å². The number of ether oxygens (including phenoxy) is 3. The Morgan fingerprint density at radius 1 is 1.09 bits per heavy atom. The predicted octanol–water partition coefficient (Wildman–Crippen LogP) is 3.31. The first-order chi connectivity index (χ1) is 15.8. The van der Waals surface area contributed by atoms with Crippen molar-refractivity contribution in [3.8, 4) is 11.5 Å². The van der Waals surface area contributed by atoms with Crippen molar-refractivity contribution in [3.63, 3.8) is 0 Å². The van der Waals surface area contributed by atoms with Crippen LogP contribution in [0.3, 0.4) is 0 Å². The fraction of sp³-hybridized carbons (Fsp3) is 0.318. The van der Waals surface area contributed by atoms with E-state index in [0.717, 1.165) is 22.9 Å². The van der Waals surface area contributed by atoms with E-state index in [1.165, 1.54) is 18.2 Å². The monoisotopic (exact) mass is 496 g/mol. The van der Waals surface area contributed by atoms with Gasteiger partial charge in [0.1, 0.15) is 10.7 Å². The lowest BCUT2D eigenvalue weighted by atomic mass is 10.2. The molecular weight excluding hydrogens is 475 g/mol. The lowest BCUT2D eigenvalue weighted by Crippen LogP contribution is -2.40. The summed E-state index contributed by atoms with van der Waals surface area (Å²) in [7, 11) is -4.05. The highest BCUT2D eigenvalue weighted by molar-refractivity contribution is 7.89. The molecule has 0 saturated carbocycles. The van der Waals surface area contributed by atoms with Crippen molar-refractivity contribution >= 4 is 39.3 Å². The van der Waals surface area contributed by atoms with E-state index < -0.39 is 26.6 Å². The molecule has 11 heteroatoms. The lowest BCUT2D eigenvalue weighted by Gasteiger charge is -2.26. The van der Waals surface area contributed by atoms with Crippen LogP contribution in [0.25, 0.3) is 6.08 Å². The summed E-state index contributed by atoms with van der Waals surface area (Å²) >= 11 is 6.26. The molecule has 1 saturated heterocycles. The molecule has 0 aromatic heterocycles.